The summed E-state index contributed by atoms with van der Waals surface area (Å²) in [6.45, 7) is 4.00. The van der Waals surface area contributed by atoms with Crippen molar-refractivity contribution >= 4 is 33.4 Å². The molecule has 0 amide bonds. The van der Waals surface area contributed by atoms with Gasteiger partial charge in [-0.3, -0.25) is 0 Å². The predicted octanol–water partition coefficient (Wildman–Crippen LogP) is 6.06. The highest BCUT2D eigenvalue weighted by Gasteiger charge is 2.08. The van der Waals surface area contributed by atoms with E-state index in [9.17, 15) is 0 Å². The van der Waals surface area contributed by atoms with E-state index < -0.39 is 0 Å². The van der Waals surface area contributed by atoms with Crippen LogP contribution >= 0.6 is 11.6 Å². The first kappa shape index (κ1) is 14.6. The second kappa shape index (κ2) is 6.20. The van der Waals surface area contributed by atoms with E-state index >= 15 is 0 Å². The van der Waals surface area contributed by atoms with E-state index in [0.29, 0.717) is 5.02 Å². The maximum absolute atomic E-state index is 6.02. The lowest BCUT2D eigenvalue weighted by atomic mass is 10.0. The summed E-state index contributed by atoms with van der Waals surface area (Å²) in [4.78, 5) is 8.01. The van der Waals surface area contributed by atoms with Gasteiger partial charge in [-0.15, -0.1) is 0 Å². The summed E-state index contributed by atoms with van der Waals surface area (Å²) in [5, 5.41) is 3.12. The molecule has 0 saturated carbocycles. The van der Waals surface area contributed by atoms with Gasteiger partial charge in [0.25, 0.3) is 0 Å². The Morgan fingerprint density at radius 2 is 1.68 bits per heavy atom. The quantitative estimate of drug-likeness (QED) is 0.454. The Morgan fingerprint density at radius 3 is 2.55 bits per heavy atom. The number of halogens is 1. The van der Waals surface area contributed by atoms with Crippen molar-refractivity contribution in [2.24, 2.45) is 0 Å². The average molecular weight is 309 g/mol. The van der Waals surface area contributed by atoms with Crippen molar-refractivity contribution in [1.29, 1.82) is 0 Å². The molecule has 0 bridgehead atoms. The van der Waals surface area contributed by atoms with Crippen LogP contribution in [0.15, 0.2) is 60.7 Å². The Labute approximate surface area is 134 Å². The molecular weight excluding hydrogens is 292 g/mol. The lowest BCUT2D eigenvalue weighted by Crippen LogP contribution is -1.82. The molecule has 0 spiro atoms. The third-order valence-corrected chi connectivity index (χ3v) is 3.72. The molecule has 110 valence electrons. The number of rotatable bonds is 1. The zero-order chi connectivity index (χ0) is 15.5. The van der Waals surface area contributed by atoms with Crippen molar-refractivity contribution < 1.29 is 0 Å². The molecule has 0 unspecified atom stereocenters. The molecule has 2 nitrogen and oxygen atoms in total. The Morgan fingerprint density at radius 1 is 0.909 bits per heavy atom. The summed E-state index contributed by atoms with van der Waals surface area (Å²) < 4.78 is 0. The molecule has 1 N–H and O–H groups in total. The first-order valence-corrected chi connectivity index (χ1v) is 7.82. The number of hydrogen-bond donors (Lipinski definition) is 1. The number of nitrogens with zero attached hydrogens (tertiary/aromatic N) is 1. The van der Waals surface area contributed by atoms with Crippen LogP contribution in [-0.4, -0.2) is 9.97 Å². The number of aromatic nitrogens is 2. The van der Waals surface area contributed by atoms with Crippen LogP contribution in [0.2, 0.25) is 5.02 Å². The topological polar surface area (TPSA) is 28.7 Å². The number of fused-ring (bicyclic) bond motifs is 2. The molecule has 4 rings (SSSR count). The largest absolute Gasteiger partial charge is 0.338 e. The van der Waals surface area contributed by atoms with E-state index in [2.05, 4.69) is 40.3 Å². The highest BCUT2D eigenvalue weighted by molar-refractivity contribution is 6.31. The molecule has 1 heterocycles. The number of nitrogens with one attached hydrogen (secondary N) is 1. The molecular formula is C19H17ClN2. The number of imidazole rings is 1. The minimum absolute atomic E-state index is 0.714. The maximum Gasteiger partial charge on any atom is 0.139 e. The molecule has 0 aliphatic heterocycles. The summed E-state index contributed by atoms with van der Waals surface area (Å²) in [7, 11) is 0. The molecule has 4 aromatic rings. The molecule has 0 aliphatic rings. The number of hydrogen-bond acceptors (Lipinski definition) is 1. The van der Waals surface area contributed by atoms with Gasteiger partial charge in [0.1, 0.15) is 5.82 Å². The van der Waals surface area contributed by atoms with Gasteiger partial charge in [0.05, 0.1) is 11.0 Å². The number of benzene rings is 3. The molecule has 3 heteroatoms. The zero-order valence-electron chi connectivity index (χ0n) is 12.6. The van der Waals surface area contributed by atoms with E-state index in [1.165, 1.54) is 10.8 Å². The fraction of sp³-hybridized carbons (Fsp3) is 0.105. The number of H-pyrrole nitrogens is 1. The van der Waals surface area contributed by atoms with Crippen LogP contribution in [0, 0.1) is 0 Å². The van der Waals surface area contributed by atoms with Gasteiger partial charge in [-0.2, -0.15) is 0 Å². The van der Waals surface area contributed by atoms with Crippen molar-refractivity contribution in [3.8, 4) is 11.4 Å². The molecule has 0 radical (unpaired) electrons. The summed E-state index contributed by atoms with van der Waals surface area (Å²) >= 11 is 6.02. The van der Waals surface area contributed by atoms with E-state index in [-0.39, 0.29) is 0 Å². The highest BCUT2D eigenvalue weighted by Crippen LogP contribution is 2.28. The zero-order valence-corrected chi connectivity index (χ0v) is 13.4. The monoisotopic (exact) mass is 308 g/mol. The fourth-order valence-corrected chi connectivity index (χ4v) is 2.71. The second-order valence-corrected chi connectivity index (χ2v) is 5.21. The van der Waals surface area contributed by atoms with Crippen LogP contribution in [0.4, 0.5) is 0 Å². The minimum Gasteiger partial charge on any atom is -0.338 e. The summed E-state index contributed by atoms with van der Waals surface area (Å²) in [5.74, 6) is 0.874. The van der Waals surface area contributed by atoms with E-state index in [0.717, 1.165) is 22.4 Å². The first-order valence-electron chi connectivity index (χ1n) is 7.45. The Balaban J connectivity index is 0.000000693. The smallest absolute Gasteiger partial charge is 0.139 e. The normalized spacial score (nSPS) is 10.5. The molecule has 0 saturated heterocycles. The molecule has 0 aliphatic carbocycles. The first-order chi connectivity index (χ1) is 10.8. The van der Waals surface area contributed by atoms with Gasteiger partial charge in [0, 0.05) is 10.6 Å². The van der Waals surface area contributed by atoms with Gasteiger partial charge < -0.3 is 4.98 Å². The van der Waals surface area contributed by atoms with Crippen LogP contribution in [0.5, 0.6) is 0 Å². The highest BCUT2D eigenvalue weighted by atomic mass is 35.5. The van der Waals surface area contributed by atoms with Crippen LogP contribution in [0.3, 0.4) is 0 Å². The molecule has 22 heavy (non-hydrogen) atoms. The van der Waals surface area contributed by atoms with Crippen LogP contribution in [0.1, 0.15) is 13.8 Å². The lowest BCUT2D eigenvalue weighted by Gasteiger charge is -2.03. The van der Waals surface area contributed by atoms with Crippen LogP contribution in [-0.2, 0) is 0 Å². The van der Waals surface area contributed by atoms with Crippen molar-refractivity contribution in [3.63, 3.8) is 0 Å². The molecule has 3 aromatic carbocycles. The van der Waals surface area contributed by atoms with Gasteiger partial charge in [-0.05, 0) is 29.0 Å². The Kier molecular flexibility index (Phi) is 4.12. The third kappa shape index (κ3) is 2.58. The van der Waals surface area contributed by atoms with Crippen molar-refractivity contribution in [2.45, 2.75) is 13.8 Å². The van der Waals surface area contributed by atoms with Crippen molar-refractivity contribution in [2.75, 3.05) is 0 Å². The van der Waals surface area contributed by atoms with E-state index in [4.69, 9.17) is 11.6 Å². The SMILES string of the molecule is CC.Clc1ccc2nc(-c3cccc4ccccc34)[nH]c2c1. The predicted molar refractivity (Wildman–Crippen MR) is 95.4 cm³/mol. The van der Waals surface area contributed by atoms with Gasteiger partial charge in [-0.25, -0.2) is 4.98 Å². The van der Waals surface area contributed by atoms with Crippen LogP contribution in [0.25, 0.3) is 33.2 Å². The van der Waals surface area contributed by atoms with Gasteiger partial charge in [0.15, 0.2) is 0 Å². The second-order valence-electron chi connectivity index (χ2n) is 4.77. The summed E-state index contributed by atoms with van der Waals surface area (Å²) in [5.41, 5.74) is 2.99. The summed E-state index contributed by atoms with van der Waals surface area (Å²) in [6, 6.07) is 20.3. The van der Waals surface area contributed by atoms with Crippen molar-refractivity contribution in [3.05, 3.63) is 65.7 Å². The third-order valence-electron chi connectivity index (χ3n) is 3.49. The molecule has 0 atom stereocenters. The van der Waals surface area contributed by atoms with E-state index in [1.54, 1.807) is 0 Å². The van der Waals surface area contributed by atoms with E-state index in [1.807, 2.05) is 44.2 Å². The number of aromatic amines is 1. The maximum atomic E-state index is 6.02. The standard InChI is InChI=1S/C17H11ClN2.C2H6/c18-12-8-9-15-16(10-12)20-17(19-15)14-7-3-5-11-4-1-2-6-13(11)14;1-2/h1-10H,(H,19,20);1-2H3. The Bertz CT molecular complexity index is 920. The van der Waals surface area contributed by atoms with Crippen molar-refractivity contribution in [1.82, 2.24) is 9.97 Å². The average Bonchev–Trinajstić information content (AvgIpc) is 2.99. The molecule has 0 fully saturated rings. The lowest BCUT2D eigenvalue weighted by molar-refractivity contribution is 1.35. The van der Waals surface area contributed by atoms with Gasteiger partial charge in [-0.1, -0.05) is 67.9 Å². The van der Waals surface area contributed by atoms with Gasteiger partial charge >= 0.3 is 0 Å². The Hall–Kier alpha value is -2.32. The van der Waals surface area contributed by atoms with Crippen LogP contribution < -0.4 is 0 Å². The summed E-state index contributed by atoms with van der Waals surface area (Å²) in [6.07, 6.45) is 0. The minimum atomic E-state index is 0.714. The molecule has 1 aromatic heterocycles. The fourth-order valence-electron chi connectivity index (χ4n) is 2.54. The van der Waals surface area contributed by atoms with Gasteiger partial charge in [0.2, 0.25) is 0 Å².